The van der Waals surface area contributed by atoms with Crippen LogP contribution in [0.5, 0.6) is 11.5 Å². The predicted octanol–water partition coefficient (Wildman–Crippen LogP) is 13.9. The van der Waals surface area contributed by atoms with Crippen molar-refractivity contribution in [2.45, 2.75) is 129 Å². The lowest BCUT2D eigenvalue weighted by Gasteiger charge is -2.42. The van der Waals surface area contributed by atoms with Gasteiger partial charge in [0.15, 0.2) is 16.6 Å². The van der Waals surface area contributed by atoms with Gasteiger partial charge in [-0.25, -0.2) is 0 Å². The van der Waals surface area contributed by atoms with E-state index in [0.29, 0.717) is 24.3 Å². The minimum atomic E-state index is -2.52. The fourth-order valence-corrected chi connectivity index (χ4v) is 32.8. The third-order valence-electron chi connectivity index (χ3n) is 10.3. The molecule has 0 spiro atoms. The summed E-state index contributed by atoms with van der Waals surface area (Å²) < 4.78 is 39.5. The molecule has 328 valence electrons. The molecule has 0 heterocycles. The van der Waals surface area contributed by atoms with Crippen molar-refractivity contribution in [3.63, 3.8) is 0 Å². The normalized spacial score (nSPS) is 12.5. The van der Waals surface area contributed by atoms with E-state index in [0.717, 1.165) is 97.2 Å². The van der Waals surface area contributed by atoms with E-state index in [-0.39, 0.29) is 0 Å². The van der Waals surface area contributed by atoms with Gasteiger partial charge in [-0.15, -0.1) is 0 Å². The van der Waals surface area contributed by atoms with Crippen molar-refractivity contribution in [2.75, 3.05) is 13.2 Å². The van der Waals surface area contributed by atoms with Gasteiger partial charge in [0, 0.05) is 0 Å². The molecule has 0 N–H and O–H groups in total. The molecule has 4 rings (SSSR count). The number of hydrogen-bond acceptors (Lipinski definition) is 8. The summed E-state index contributed by atoms with van der Waals surface area (Å²) in [4.78, 5) is 0. The third kappa shape index (κ3) is 18.7. The van der Waals surface area contributed by atoms with Gasteiger partial charge in [0.1, 0.15) is 11.5 Å². The molecule has 0 saturated carbocycles. The molecule has 0 aliphatic heterocycles. The van der Waals surface area contributed by atoms with Crippen molar-refractivity contribution in [2.24, 2.45) is 0 Å². The first-order chi connectivity index (χ1) is 28.8. The van der Waals surface area contributed by atoms with Gasteiger partial charge >= 0.3 is 25.7 Å². The summed E-state index contributed by atoms with van der Waals surface area (Å²) in [6.07, 6.45) is 8.95. The Morgan fingerprint density at radius 1 is 0.361 bits per heavy atom. The molecule has 8 nitrogen and oxygen atoms in total. The Kier molecular flexibility index (Phi) is 19.0. The molecule has 0 radical (unpaired) electrons. The quantitative estimate of drug-likeness (QED) is 0.0453. The first-order valence-electron chi connectivity index (χ1n) is 22.1. The Morgan fingerprint density at radius 2 is 0.639 bits per heavy atom. The highest BCUT2D eigenvalue weighted by molar-refractivity contribution is 6.90. The molecule has 0 atom stereocenters. The molecule has 0 aliphatic rings. The Labute approximate surface area is 373 Å². The zero-order chi connectivity index (χ0) is 44.6. The first-order valence-corrected chi connectivity index (χ1v) is 36.7. The van der Waals surface area contributed by atoms with Gasteiger partial charge in [0.25, 0.3) is 0 Å². The molecule has 13 heteroatoms. The molecule has 0 saturated heterocycles. The fourth-order valence-electron chi connectivity index (χ4n) is 8.03. The smallest absolute Gasteiger partial charge is 0.314 e. The maximum Gasteiger partial charge on any atom is 0.314 e. The van der Waals surface area contributed by atoms with Gasteiger partial charge in [-0.3, -0.25) is 0 Å². The van der Waals surface area contributed by atoms with Gasteiger partial charge in [-0.1, -0.05) is 87.1 Å². The van der Waals surface area contributed by atoms with Crippen molar-refractivity contribution in [1.82, 2.24) is 0 Å². The van der Waals surface area contributed by atoms with Gasteiger partial charge in [0.2, 0.25) is 0 Å². The highest BCUT2D eigenvalue weighted by Crippen LogP contribution is 2.30. The molecular weight excluding hydrogens is 841 g/mol. The van der Waals surface area contributed by atoms with Crippen LogP contribution in [0.1, 0.15) is 62.5 Å². The summed E-state index contributed by atoms with van der Waals surface area (Å²) in [6, 6.07) is 38.2. The average Bonchev–Trinajstić information content (AvgIpc) is 3.18. The van der Waals surface area contributed by atoms with E-state index in [9.17, 15) is 0 Å². The van der Waals surface area contributed by atoms with E-state index in [1.54, 1.807) is 0 Å². The van der Waals surface area contributed by atoms with Crippen LogP contribution in [0.25, 0.3) is 22.3 Å². The lowest BCUT2D eigenvalue weighted by atomic mass is 10.0. The van der Waals surface area contributed by atoms with E-state index < -0.39 is 42.3 Å². The Bertz CT molecular complexity index is 1860. The van der Waals surface area contributed by atoms with Gasteiger partial charge in [0.05, 0.1) is 36.5 Å². The van der Waals surface area contributed by atoms with Crippen LogP contribution in [0.3, 0.4) is 0 Å². The summed E-state index contributed by atoms with van der Waals surface area (Å²) in [7, 11) is -11.2. The summed E-state index contributed by atoms with van der Waals surface area (Å²) in [6.45, 7) is 23.8. The van der Waals surface area contributed by atoms with Crippen LogP contribution in [-0.4, -0.2) is 55.5 Å². The maximum atomic E-state index is 9.04. The van der Waals surface area contributed by atoms with Crippen LogP contribution < -0.4 is 9.47 Å². The maximum absolute atomic E-state index is 9.04. The van der Waals surface area contributed by atoms with Crippen molar-refractivity contribution in [1.29, 1.82) is 10.5 Å². The monoisotopic (exact) mass is 910 g/mol. The molecular formula is C48H70N2O6Si5. The Hall–Kier alpha value is -3.62. The largest absolute Gasteiger partial charge is 0.494 e. The molecule has 4 aromatic carbocycles. The average molecular weight is 912 g/mol. The second kappa shape index (κ2) is 23.2. The lowest BCUT2D eigenvalue weighted by molar-refractivity contribution is 0.297. The summed E-state index contributed by atoms with van der Waals surface area (Å²) >= 11 is 0. The first kappa shape index (κ1) is 50.0. The standard InChI is InChI=1S/C48H70N2O6Si5/c1-57(2,37-17-13-11-15-35-51-47-31-27-45(28-32-47)43-23-19-41(39-49)20-24-43)53-59(5,6)55-61(9,10)56-60(7,8)54-58(3,4)38-18-14-12-16-36-52-48-33-29-46(30-34-48)44-25-21-42(40-50)22-26-44/h19-34H,11-18,35-38H2,1-10H3. The number of hydrogen-bond donors (Lipinski definition) is 0. The van der Waals surface area contributed by atoms with Crippen molar-refractivity contribution < 1.29 is 25.9 Å². The minimum absolute atomic E-state index is 0.668. The zero-order valence-corrected chi connectivity index (χ0v) is 43.6. The molecule has 0 fully saturated rings. The molecule has 0 aliphatic carbocycles. The second-order valence-electron chi connectivity index (χ2n) is 18.6. The van der Waals surface area contributed by atoms with Gasteiger partial charge in [-0.2, -0.15) is 10.5 Å². The Morgan fingerprint density at radius 3 is 0.951 bits per heavy atom. The van der Waals surface area contributed by atoms with Crippen molar-refractivity contribution >= 4 is 42.3 Å². The number of unbranched alkanes of at least 4 members (excludes halogenated alkanes) is 6. The van der Waals surface area contributed by atoms with E-state index >= 15 is 0 Å². The topological polar surface area (TPSA) is 103 Å². The molecule has 0 bridgehead atoms. The predicted molar refractivity (Wildman–Crippen MR) is 262 cm³/mol. The van der Waals surface area contributed by atoms with Crippen molar-refractivity contribution in [3.8, 4) is 45.9 Å². The molecule has 0 aromatic heterocycles. The SMILES string of the molecule is C[Si](C)(CCCCCCOc1ccc(-c2ccc(C#N)cc2)cc1)O[Si](C)(C)O[Si](C)(C)O[Si](C)(C)O[Si](C)(C)CCCCCCOc1ccc(-c2ccc(C#N)cc2)cc1. The summed E-state index contributed by atoms with van der Waals surface area (Å²) in [5.41, 5.74) is 5.74. The summed E-state index contributed by atoms with van der Waals surface area (Å²) in [5.74, 6) is 1.77. The van der Waals surface area contributed by atoms with E-state index in [1.807, 2.05) is 72.8 Å². The van der Waals surface area contributed by atoms with Crippen LogP contribution in [0.2, 0.25) is 77.6 Å². The second-order valence-corrected chi connectivity index (χ2v) is 38.3. The van der Waals surface area contributed by atoms with Crippen LogP contribution in [-0.2, 0) is 16.5 Å². The van der Waals surface area contributed by atoms with Crippen LogP contribution in [0.4, 0.5) is 0 Å². The summed E-state index contributed by atoms with van der Waals surface area (Å²) in [5, 5.41) is 18.1. The molecule has 0 amide bonds. The van der Waals surface area contributed by atoms with Crippen LogP contribution >= 0.6 is 0 Å². The van der Waals surface area contributed by atoms with E-state index in [4.69, 9.17) is 36.5 Å². The van der Waals surface area contributed by atoms with Crippen LogP contribution in [0.15, 0.2) is 97.1 Å². The van der Waals surface area contributed by atoms with Gasteiger partial charge in [-0.05, 0) is 161 Å². The highest BCUT2D eigenvalue weighted by atomic mass is 28.5. The number of nitriles is 2. The molecule has 61 heavy (non-hydrogen) atoms. The zero-order valence-electron chi connectivity index (χ0n) is 38.6. The lowest BCUT2D eigenvalue weighted by Crippen LogP contribution is -2.58. The minimum Gasteiger partial charge on any atom is -0.494 e. The fraction of sp³-hybridized carbons (Fsp3) is 0.458. The van der Waals surface area contributed by atoms with Crippen molar-refractivity contribution in [3.05, 3.63) is 108 Å². The van der Waals surface area contributed by atoms with E-state index in [1.165, 1.54) is 0 Å². The molecule has 4 aromatic rings. The molecule has 0 unspecified atom stereocenters. The van der Waals surface area contributed by atoms with E-state index in [2.05, 4.69) is 102 Å². The Balaban J connectivity index is 1.07. The number of ether oxygens (including phenoxy) is 2. The number of rotatable bonds is 26. The third-order valence-corrected chi connectivity index (χ3v) is 29.6. The number of benzene rings is 4. The van der Waals surface area contributed by atoms with Crippen LogP contribution in [0, 0.1) is 22.7 Å². The van der Waals surface area contributed by atoms with Gasteiger partial charge < -0.3 is 25.9 Å². The highest BCUT2D eigenvalue weighted by Gasteiger charge is 2.45. The number of nitrogens with zero attached hydrogens (tertiary/aromatic N) is 2.